The Morgan fingerprint density at radius 3 is 2.89 bits per heavy atom. The van der Waals surface area contributed by atoms with Crippen molar-refractivity contribution in [3.8, 4) is 11.4 Å². The van der Waals surface area contributed by atoms with Crippen molar-refractivity contribution in [1.82, 2.24) is 25.2 Å². The number of rotatable bonds is 4. The molecule has 9 heteroatoms. The normalized spacial score (nSPS) is 16.0. The first-order valence-corrected chi connectivity index (χ1v) is 8.48. The molecule has 1 amide bonds. The minimum atomic E-state index is -2.80. The molecule has 1 atom stereocenters. The highest BCUT2D eigenvalue weighted by Crippen LogP contribution is 2.34. The number of fused-ring (bicyclic) bond motifs is 1. The molecule has 0 unspecified atom stereocenters. The van der Waals surface area contributed by atoms with Gasteiger partial charge >= 0.3 is 6.43 Å². The van der Waals surface area contributed by atoms with E-state index in [9.17, 15) is 13.6 Å². The highest BCUT2D eigenvalue weighted by atomic mass is 19.3. The van der Waals surface area contributed by atoms with Crippen molar-refractivity contribution < 1.29 is 18.1 Å². The summed E-state index contributed by atoms with van der Waals surface area (Å²) in [7, 11) is 1.77. The molecule has 2 aromatic heterocycles. The number of carbonyl (C=O) groups is 1. The van der Waals surface area contributed by atoms with Crippen molar-refractivity contribution in [2.75, 3.05) is 0 Å². The zero-order valence-corrected chi connectivity index (χ0v) is 14.7. The van der Waals surface area contributed by atoms with Gasteiger partial charge in [-0.3, -0.25) is 9.48 Å². The van der Waals surface area contributed by atoms with Crippen LogP contribution in [0.4, 0.5) is 8.78 Å². The number of aryl methyl sites for hydroxylation is 3. The summed E-state index contributed by atoms with van der Waals surface area (Å²) < 4.78 is 31.4. The molecule has 1 N–H and O–H groups in total. The molecule has 1 aliphatic carbocycles. The fourth-order valence-electron chi connectivity index (χ4n) is 3.41. The van der Waals surface area contributed by atoms with Crippen LogP contribution < -0.4 is 5.32 Å². The summed E-state index contributed by atoms with van der Waals surface area (Å²) in [5.41, 5.74) is 3.87. The average molecular weight is 373 g/mol. The summed E-state index contributed by atoms with van der Waals surface area (Å²) in [5.74, 6) is -0.726. The van der Waals surface area contributed by atoms with Crippen molar-refractivity contribution in [3.05, 3.63) is 52.7 Å². The van der Waals surface area contributed by atoms with E-state index < -0.39 is 12.3 Å². The highest BCUT2D eigenvalue weighted by molar-refractivity contribution is 5.95. The third-order valence-corrected chi connectivity index (χ3v) is 4.67. The number of carbonyl (C=O) groups excluding carboxylic acids is 1. The summed E-state index contributed by atoms with van der Waals surface area (Å²) in [6.07, 6.45) is 0.426. The Labute approximate surface area is 153 Å². The fourth-order valence-corrected chi connectivity index (χ4v) is 3.41. The van der Waals surface area contributed by atoms with Gasteiger partial charge in [0.2, 0.25) is 5.82 Å². The summed E-state index contributed by atoms with van der Waals surface area (Å²) in [6, 6.07) is 5.37. The molecule has 140 valence electrons. The van der Waals surface area contributed by atoms with Crippen molar-refractivity contribution in [3.63, 3.8) is 0 Å². The van der Waals surface area contributed by atoms with Gasteiger partial charge in [-0.2, -0.15) is 18.9 Å². The van der Waals surface area contributed by atoms with E-state index in [0.717, 1.165) is 24.0 Å². The Morgan fingerprint density at radius 2 is 2.22 bits per heavy atom. The third kappa shape index (κ3) is 3.20. The smallest absolute Gasteiger partial charge is 0.315 e. The van der Waals surface area contributed by atoms with Gasteiger partial charge in [0.1, 0.15) is 0 Å². The number of benzene rings is 1. The van der Waals surface area contributed by atoms with Crippen molar-refractivity contribution in [2.45, 2.75) is 32.2 Å². The topological polar surface area (TPSA) is 85.8 Å². The maximum Gasteiger partial charge on any atom is 0.315 e. The van der Waals surface area contributed by atoms with Crippen LogP contribution in [0.2, 0.25) is 0 Å². The van der Waals surface area contributed by atoms with Gasteiger partial charge in [-0.15, -0.1) is 0 Å². The van der Waals surface area contributed by atoms with Gasteiger partial charge < -0.3 is 9.84 Å². The summed E-state index contributed by atoms with van der Waals surface area (Å²) in [6.45, 7) is 1.79. The molecular weight excluding hydrogens is 356 g/mol. The number of hydrogen-bond acceptors (Lipinski definition) is 5. The van der Waals surface area contributed by atoms with Crippen LogP contribution in [-0.4, -0.2) is 25.8 Å². The molecule has 1 aromatic carbocycles. The molecule has 0 saturated carbocycles. The van der Waals surface area contributed by atoms with E-state index in [1.807, 2.05) is 12.1 Å². The molecule has 27 heavy (non-hydrogen) atoms. The zero-order valence-electron chi connectivity index (χ0n) is 14.7. The van der Waals surface area contributed by atoms with Crippen molar-refractivity contribution in [1.29, 1.82) is 0 Å². The molecule has 0 saturated heterocycles. The van der Waals surface area contributed by atoms with E-state index in [1.165, 1.54) is 0 Å². The standard InChI is InChI=1S/C18H17F2N5O2/c1-9-13(8-25(2)23-9)17(26)21-14-6-4-10-7-11(3-5-12(10)14)16-22-18(15(19)20)27-24-16/h3,5,7-8,14-15H,4,6H2,1-2H3,(H,21,26)/t14-/m1/s1. The van der Waals surface area contributed by atoms with Gasteiger partial charge in [-0.1, -0.05) is 17.3 Å². The zero-order chi connectivity index (χ0) is 19.1. The molecule has 0 spiro atoms. The van der Waals surface area contributed by atoms with E-state index in [1.54, 1.807) is 30.9 Å². The first kappa shape index (κ1) is 17.3. The molecule has 2 heterocycles. The molecule has 4 rings (SSSR count). The Balaban J connectivity index is 1.54. The summed E-state index contributed by atoms with van der Waals surface area (Å²) >= 11 is 0. The van der Waals surface area contributed by atoms with E-state index in [-0.39, 0.29) is 17.8 Å². The average Bonchev–Trinajstić information content (AvgIpc) is 3.33. The molecule has 1 aliphatic rings. The second kappa shape index (κ2) is 6.57. The van der Waals surface area contributed by atoms with Gasteiger partial charge in [0.15, 0.2) is 0 Å². The van der Waals surface area contributed by atoms with Crippen LogP contribution in [0.3, 0.4) is 0 Å². The summed E-state index contributed by atoms with van der Waals surface area (Å²) in [5, 5.41) is 10.8. The monoisotopic (exact) mass is 373 g/mol. The SMILES string of the molecule is Cc1nn(C)cc1C(=O)N[C@@H]1CCc2cc(-c3noc(C(F)F)n3)ccc21. The quantitative estimate of drug-likeness (QED) is 0.759. The molecule has 0 aliphatic heterocycles. The lowest BCUT2D eigenvalue weighted by molar-refractivity contribution is 0.0936. The van der Waals surface area contributed by atoms with Crippen LogP contribution in [0.5, 0.6) is 0 Å². The number of amides is 1. The second-order valence-electron chi connectivity index (χ2n) is 6.54. The Hall–Kier alpha value is -3.10. The first-order valence-electron chi connectivity index (χ1n) is 8.48. The molecular formula is C18H17F2N5O2. The summed E-state index contributed by atoms with van der Waals surface area (Å²) in [4.78, 5) is 16.2. The minimum absolute atomic E-state index is 0.108. The van der Waals surface area contributed by atoms with Crippen LogP contribution >= 0.6 is 0 Å². The maximum atomic E-state index is 12.6. The lowest BCUT2D eigenvalue weighted by Gasteiger charge is -2.14. The highest BCUT2D eigenvalue weighted by Gasteiger charge is 2.26. The lowest BCUT2D eigenvalue weighted by atomic mass is 10.0. The molecule has 0 fully saturated rings. The molecule has 3 aromatic rings. The van der Waals surface area contributed by atoms with E-state index >= 15 is 0 Å². The number of hydrogen-bond donors (Lipinski definition) is 1. The van der Waals surface area contributed by atoms with Crippen LogP contribution in [0.25, 0.3) is 11.4 Å². The van der Waals surface area contributed by atoms with Crippen molar-refractivity contribution in [2.24, 2.45) is 7.05 Å². The predicted molar refractivity (Wildman–Crippen MR) is 91.2 cm³/mol. The largest absolute Gasteiger partial charge is 0.345 e. The second-order valence-corrected chi connectivity index (χ2v) is 6.54. The van der Waals surface area contributed by atoms with E-state index in [2.05, 4.69) is 25.1 Å². The van der Waals surface area contributed by atoms with Gasteiger partial charge in [0.05, 0.1) is 17.3 Å². The van der Waals surface area contributed by atoms with E-state index in [0.29, 0.717) is 16.8 Å². The number of nitrogens with one attached hydrogen (secondary N) is 1. The van der Waals surface area contributed by atoms with Crippen LogP contribution in [-0.2, 0) is 13.5 Å². The number of nitrogens with zero attached hydrogens (tertiary/aromatic N) is 4. The lowest BCUT2D eigenvalue weighted by Crippen LogP contribution is -2.27. The van der Waals surface area contributed by atoms with E-state index in [4.69, 9.17) is 0 Å². The van der Waals surface area contributed by atoms with Crippen LogP contribution in [0, 0.1) is 6.92 Å². The number of alkyl halides is 2. The Kier molecular flexibility index (Phi) is 4.21. The predicted octanol–water partition coefficient (Wildman–Crippen LogP) is 3.13. The Bertz CT molecular complexity index is 1010. The fraction of sp³-hybridized carbons (Fsp3) is 0.333. The van der Waals surface area contributed by atoms with Gasteiger partial charge in [0.25, 0.3) is 11.8 Å². The number of aromatic nitrogens is 4. The van der Waals surface area contributed by atoms with Crippen molar-refractivity contribution >= 4 is 5.91 Å². The molecule has 7 nitrogen and oxygen atoms in total. The minimum Gasteiger partial charge on any atom is -0.345 e. The van der Waals surface area contributed by atoms with Gasteiger partial charge in [-0.25, -0.2) is 0 Å². The Morgan fingerprint density at radius 1 is 1.41 bits per heavy atom. The molecule has 0 radical (unpaired) electrons. The van der Waals surface area contributed by atoms with Crippen LogP contribution in [0.1, 0.15) is 52.0 Å². The first-order chi connectivity index (χ1) is 12.9. The molecule has 0 bridgehead atoms. The maximum absolute atomic E-state index is 12.6. The number of halogens is 2. The third-order valence-electron chi connectivity index (χ3n) is 4.67. The van der Waals surface area contributed by atoms with Crippen LogP contribution in [0.15, 0.2) is 28.9 Å². The van der Waals surface area contributed by atoms with Gasteiger partial charge in [0, 0.05) is 18.8 Å². The van der Waals surface area contributed by atoms with Gasteiger partial charge in [-0.05, 0) is 37.0 Å².